The van der Waals surface area contributed by atoms with Gasteiger partial charge in [0, 0.05) is 18.8 Å². The summed E-state index contributed by atoms with van der Waals surface area (Å²) in [5.74, 6) is -0.273. The molecule has 13 heavy (non-hydrogen) atoms. The molecule has 0 spiro atoms. The Morgan fingerprint density at radius 1 is 1.38 bits per heavy atom. The molecule has 0 bridgehead atoms. The molecular weight excluding hydrogens is 171 g/mol. The molecule has 0 aliphatic carbocycles. The van der Waals surface area contributed by atoms with Crippen molar-refractivity contribution < 1.29 is 9.50 Å². The zero-order valence-electron chi connectivity index (χ0n) is 7.20. The number of rotatable bonds is 4. The summed E-state index contributed by atoms with van der Waals surface area (Å²) in [6.07, 6.45) is -0.565. The van der Waals surface area contributed by atoms with Crippen molar-refractivity contribution in [1.29, 1.82) is 0 Å². The number of aliphatic hydroxyl groups excluding tert-OH is 1. The van der Waals surface area contributed by atoms with Gasteiger partial charge in [-0.1, -0.05) is 0 Å². The Kier molecular flexibility index (Phi) is 3.67. The molecule has 0 saturated carbocycles. The highest BCUT2D eigenvalue weighted by atomic mass is 19.1. The van der Waals surface area contributed by atoms with Crippen LogP contribution in [0.2, 0.25) is 0 Å². The van der Waals surface area contributed by atoms with Crippen LogP contribution in [-0.2, 0) is 0 Å². The van der Waals surface area contributed by atoms with Crippen molar-refractivity contribution in [2.24, 2.45) is 5.73 Å². The van der Waals surface area contributed by atoms with Crippen LogP contribution in [0.15, 0.2) is 24.3 Å². The second kappa shape index (κ2) is 4.79. The van der Waals surface area contributed by atoms with Gasteiger partial charge in [-0.05, 0) is 24.3 Å². The third-order valence-electron chi connectivity index (χ3n) is 1.66. The lowest BCUT2D eigenvalue weighted by Crippen LogP contribution is -2.27. The second-order valence-corrected chi connectivity index (χ2v) is 2.78. The van der Waals surface area contributed by atoms with Crippen molar-refractivity contribution in [3.8, 4) is 0 Å². The number of anilines is 1. The van der Waals surface area contributed by atoms with Crippen LogP contribution in [0.5, 0.6) is 0 Å². The van der Waals surface area contributed by atoms with E-state index in [0.29, 0.717) is 6.54 Å². The number of nitrogens with one attached hydrogen (secondary N) is 1. The van der Waals surface area contributed by atoms with Gasteiger partial charge in [-0.15, -0.1) is 0 Å². The molecule has 1 aromatic rings. The third kappa shape index (κ3) is 3.40. The molecule has 1 aromatic carbocycles. The first-order valence-corrected chi connectivity index (χ1v) is 4.10. The van der Waals surface area contributed by atoms with Crippen LogP contribution in [-0.4, -0.2) is 24.3 Å². The molecule has 0 radical (unpaired) electrons. The molecule has 0 amide bonds. The topological polar surface area (TPSA) is 58.3 Å². The molecule has 1 rings (SSSR count). The first-order chi connectivity index (χ1) is 6.22. The lowest BCUT2D eigenvalue weighted by molar-refractivity contribution is 0.196. The Balaban J connectivity index is 2.41. The molecule has 1 atom stereocenters. The predicted octanol–water partition coefficient (Wildman–Crippen LogP) is 0.557. The number of hydrogen-bond acceptors (Lipinski definition) is 3. The summed E-state index contributed by atoms with van der Waals surface area (Å²) < 4.78 is 12.5. The second-order valence-electron chi connectivity index (χ2n) is 2.78. The van der Waals surface area contributed by atoms with Gasteiger partial charge in [0.1, 0.15) is 5.82 Å². The van der Waals surface area contributed by atoms with E-state index in [4.69, 9.17) is 10.8 Å². The number of benzene rings is 1. The molecule has 4 heteroatoms. The number of aliphatic hydroxyl groups is 1. The van der Waals surface area contributed by atoms with E-state index in [0.717, 1.165) is 5.69 Å². The van der Waals surface area contributed by atoms with E-state index in [2.05, 4.69) is 5.32 Å². The molecule has 0 saturated heterocycles. The van der Waals surface area contributed by atoms with E-state index in [1.54, 1.807) is 12.1 Å². The maximum Gasteiger partial charge on any atom is 0.123 e. The van der Waals surface area contributed by atoms with Crippen molar-refractivity contribution in [2.75, 3.05) is 18.4 Å². The summed E-state index contributed by atoms with van der Waals surface area (Å²) in [5, 5.41) is 12.0. The zero-order valence-corrected chi connectivity index (χ0v) is 7.20. The third-order valence-corrected chi connectivity index (χ3v) is 1.66. The molecule has 1 unspecified atom stereocenters. The maximum absolute atomic E-state index is 12.5. The molecule has 0 aromatic heterocycles. The monoisotopic (exact) mass is 184 g/mol. The number of nitrogens with two attached hydrogens (primary N) is 1. The lowest BCUT2D eigenvalue weighted by Gasteiger charge is -2.09. The van der Waals surface area contributed by atoms with Crippen molar-refractivity contribution >= 4 is 5.69 Å². The van der Waals surface area contributed by atoms with Gasteiger partial charge in [-0.25, -0.2) is 4.39 Å². The summed E-state index contributed by atoms with van der Waals surface area (Å²) in [6.45, 7) is 0.594. The van der Waals surface area contributed by atoms with Gasteiger partial charge in [0.05, 0.1) is 6.10 Å². The van der Waals surface area contributed by atoms with E-state index < -0.39 is 6.10 Å². The minimum absolute atomic E-state index is 0.216. The van der Waals surface area contributed by atoms with Crippen molar-refractivity contribution in [2.45, 2.75) is 6.10 Å². The van der Waals surface area contributed by atoms with E-state index in [1.165, 1.54) is 12.1 Å². The average molecular weight is 184 g/mol. The Morgan fingerprint density at radius 3 is 2.54 bits per heavy atom. The SMILES string of the molecule is NCC(O)CNc1ccc(F)cc1. The Hall–Kier alpha value is -1.13. The summed E-state index contributed by atoms with van der Waals surface area (Å²) in [6, 6.07) is 5.94. The van der Waals surface area contributed by atoms with E-state index in [-0.39, 0.29) is 12.4 Å². The summed E-state index contributed by atoms with van der Waals surface area (Å²) >= 11 is 0. The normalized spacial score (nSPS) is 12.5. The number of halogens is 1. The fraction of sp³-hybridized carbons (Fsp3) is 0.333. The summed E-state index contributed by atoms with van der Waals surface area (Å²) in [4.78, 5) is 0. The molecule has 4 N–H and O–H groups in total. The van der Waals surface area contributed by atoms with Gasteiger partial charge in [0.25, 0.3) is 0 Å². The fourth-order valence-electron chi connectivity index (χ4n) is 0.887. The van der Waals surface area contributed by atoms with Crippen LogP contribution in [0.4, 0.5) is 10.1 Å². The maximum atomic E-state index is 12.5. The highest BCUT2D eigenvalue weighted by Crippen LogP contribution is 2.07. The van der Waals surface area contributed by atoms with Crippen LogP contribution in [0.1, 0.15) is 0 Å². The Morgan fingerprint density at radius 2 is 2.00 bits per heavy atom. The summed E-state index contributed by atoms with van der Waals surface area (Å²) in [5.41, 5.74) is 5.98. The molecule has 0 aliphatic heterocycles. The molecule has 3 nitrogen and oxygen atoms in total. The van der Waals surface area contributed by atoms with Crippen LogP contribution < -0.4 is 11.1 Å². The van der Waals surface area contributed by atoms with Crippen LogP contribution in [0.3, 0.4) is 0 Å². The van der Waals surface area contributed by atoms with Gasteiger partial charge in [-0.2, -0.15) is 0 Å². The minimum atomic E-state index is -0.565. The van der Waals surface area contributed by atoms with Crippen LogP contribution in [0.25, 0.3) is 0 Å². The van der Waals surface area contributed by atoms with Crippen molar-refractivity contribution in [1.82, 2.24) is 0 Å². The highest BCUT2D eigenvalue weighted by Gasteiger charge is 1.99. The van der Waals surface area contributed by atoms with Crippen LogP contribution in [0, 0.1) is 5.82 Å². The largest absolute Gasteiger partial charge is 0.390 e. The van der Waals surface area contributed by atoms with Gasteiger partial charge in [0.2, 0.25) is 0 Å². The lowest BCUT2D eigenvalue weighted by atomic mass is 10.3. The molecule has 0 aliphatic rings. The molecule has 0 heterocycles. The Labute approximate surface area is 76.4 Å². The van der Waals surface area contributed by atoms with E-state index >= 15 is 0 Å². The predicted molar refractivity (Wildman–Crippen MR) is 50.0 cm³/mol. The molecular formula is C9H13FN2O. The first-order valence-electron chi connectivity index (χ1n) is 4.10. The first kappa shape index (κ1) is 9.95. The van der Waals surface area contributed by atoms with Crippen molar-refractivity contribution in [3.63, 3.8) is 0 Å². The van der Waals surface area contributed by atoms with Gasteiger partial charge in [-0.3, -0.25) is 0 Å². The van der Waals surface area contributed by atoms with Gasteiger partial charge < -0.3 is 16.2 Å². The van der Waals surface area contributed by atoms with Gasteiger partial charge >= 0.3 is 0 Å². The zero-order chi connectivity index (χ0) is 9.68. The fourth-order valence-corrected chi connectivity index (χ4v) is 0.887. The van der Waals surface area contributed by atoms with E-state index in [1.807, 2.05) is 0 Å². The quantitative estimate of drug-likeness (QED) is 0.640. The standard InChI is InChI=1S/C9H13FN2O/c10-7-1-3-8(4-2-7)12-6-9(13)5-11/h1-4,9,12-13H,5-6,11H2. The van der Waals surface area contributed by atoms with Gasteiger partial charge in [0.15, 0.2) is 0 Å². The molecule has 72 valence electrons. The summed E-state index contributed by atoms with van der Waals surface area (Å²) in [7, 11) is 0. The van der Waals surface area contributed by atoms with Crippen LogP contribution >= 0.6 is 0 Å². The highest BCUT2D eigenvalue weighted by molar-refractivity contribution is 5.42. The van der Waals surface area contributed by atoms with E-state index in [9.17, 15) is 4.39 Å². The number of hydrogen-bond donors (Lipinski definition) is 3. The minimum Gasteiger partial charge on any atom is -0.390 e. The molecule has 0 fully saturated rings. The smallest absolute Gasteiger partial charge is 0.123 e. The Bertz CT molecular complexity index is 250. The van der Waals surface area contributed by atoms with Crippen molar-refractivity contribution in [3.05, 3.63) is 30.1 Å². The average Bonchev–Trinajstić information content (AvgIpc) is 2.16.